The Morgan fingerprint density at radius 2 is 1.58 bits per heavy atom. The molecule has 0 N–H and O–H groups in total. The summed E-state index contributed by atoms with van der Waals surface area (Å²) in [4.78, 5) is 2.32. The van der Waals surface area contributed by atoms with Gasteiger partial charge in [-0.1, -0.05) is 53.6 Å². The fourth-order valence-electron chi connectivity index (χ4n) is 3.47. The molecule has 2 heterocycles. The molecule has 0 spiro atoms. The van der Waals surface area contributed by atoms with Gasteiger partial charge < -0.3 is 4.90 Å². The van der Waals surface area contributed by atoms with Gasteiger partial charge in [0.2, 0.25) is 5.95 Å². The molecule has 0 aliphatic carbocycles. The number of aromatic nitrogens is 4. The molecule has 1 saturated heterocycles. The molecule has 0 amide bonds. The maximum atomic E-state index is 4.28. The SMILES string of the molecule is c1ccc(C2CCCN(c3nnnn3-c3ccccc3)CC2)cc1. The molecular weight excluding hydrogens is 298 g/mol. The molecule has 24 heavy (non-hydrogen) atoms. The molecule has 1 atom stereocenters. The van der Waals surface area contributed by atoms with Crippen LogP contribution >= 0.6 is 0 Å². The Labute approximate surface area is 141 Å². The first-order chi connectivity index (χ1) is 11.9. The first kappa shape index (κ1) is 14.9. The molecule has 5 heteroatoms. The normalized spacial score (nSPS) is 18.3. The summed E-state index contributed by atoms with van der Waals surface area (Å²) in [6.07, 6.45) is 3.50. The molecule has 4 rings (SSSR count). The summed E-state index contributed by atoms with van der Waals surface area (Å²) >= 11 is 0. The van der Waals surface area contributed by atoms with Crippen LogP contribution in [0.15, 0.2) is 60.7 Å². The quantitative estimate of drug-likeness (QED) is 0.742. The number of nitrogens with zero attached hydrogens (tertiary/aromatic N) is 5. The fraction of sp³-hybridized carbons (Fsp3) is 0.316. The van der Waals surface area contributed by atoms with Gasteiger partial charge in [0, 0.05) is 13.1 Å². The third-order valence-electron chi connectivity index (χ3n) is 4.74. The minimum atomic E-state index is 0.622. The highest BCUT2D eigenvalue weighted by Crippen LogP contribution is 2.29. The van der Waals surface area contributed by atoms with Crippen LogP contribution in [0.2, 0.25) is 0 Å². The van der Waals surface area contributed by atoms with Crippen molar-refractivity contribution in [3.63, 3.8) is 0 Å². The summed E-state index contributed by atoms with van der Waals surface area (Å²) in [5.74, 6) is 1.46. The van der Waals surface area contributed by atoms with E-state index in [9.17, 15) is 0 Å². The van der Waals surface area contributed by atoms with Gasteiger partial charge in [-0.05, 0) is 53.3 Å². The standard InChI is InChI=1S/C19H21N5/c1-3-8-16(9-4-1)17-10-7-14-23(15-13-17)19-20-21-22-24(19)18-11-5-2-6-12-18/h1-6,8-9,11-12,17H,7,10,13-15H2. The highest BCUT2D eigenvalue weighted by molar-refractivity contribution is 5.40. The van der Waals surface area contributed by atoms with Crippen LogP contribution in [0.1, 0.15) is 30.7 Å². The van der Waals surface area contributed by atoms with E-state index in [1.54, 1.807) is 0 Å². The van der Waals surface area contributed by atoms with Crippen LogP contribution in [0.3, 0.4) is 0 Å². The van der Waals surface area contributed by atoms with E-state index >= 15 is 0 Å². The van der Waals surface area contributed by atoms with Crippen molar-refractivity contribution in [2.45, 2.75) is 25.2 Å². The highest BCUT2D eigenvalue weighted by Gasteiger charge is 2.22. The molecule has 122 valence electrons. The Bertz CT molecular complexity index is 769. The van der Waals surface area contributed by atoms with Crippen LogP contribution in [0.25, 0.3) is 5.69 Å². The van der Waals surface area contributed by atoms with Gasteiger partial charge in [-0.15, -0.1) is 0 Å². The van der Waals surface area contributed by atoms with Gasteiger partial charge in [-0.25, -0.2) is 0 Å². The van der Waals surface area contributed by atoms with Gasteiger partial charge in [0.05, 0.1) is 5.69 Å². The summed E-state index contributed by atoms with van der Waals surface area (Å²) < 4.78 is 1.84. The molecule has 1 unspecified atom stereocenters. The number of para-hydroxylation sites is 1. The van der Waals surface area contributed by atoms with E-state index in [1.165, 1.54) is 12.0 Å². The summed E-state index contributed by atoms with van der Waals surface area (Å²) in [7, 11) is 0. The average molecular weight is 319 g/mol. The maximum Gasteiger partial charge on any atom is 0.250 e. The van der Waals surface area contributed by atoms with E-state index in [4.69, 9.17) is 0 Å². The van der Waals surface area contributed by atoms with Crippen molar-refractivity contribution in [3.05, 3.63) is 66.2 Å². The van der Waals surface area contributed by atoms with E-state index in [1.807, 2.05) is 35.0 Å². The molecule has 1 fully saturated rings. The van der Waals surface area contributed by atoms with Gasteiger partial charge in [-0.3, -0.25) is 0 Å². The van der Waals surface area contributed by atoms with Crippen molar-refractivity contribution in [3.8, 4) is 5.69 Å². The van der Waals surface area contributed by atoms with Gasteiger partial charge >= 0.3 is 0 Å². The number of tetrazole rings is 1. The summed E-state index contributed by atoms with van der Waals surface area (Å²) in [5, 5.41) is 12.4. The van der Waals surface area contributed by atoms with Crippen molar-refractivity contribution in [1.29, 1.82) is 0 Å². The van der Waals surface area contributed by atoms with Crippen LogP contribution in [-0.2, 0) is 0 Å². The molecule has 0 radical (unpaired) electrons. The number of benzene rings is 2. The summed E-state index contributed by atoms with van der Waals surface area (Å²) in [5.41, 5.74) is 2.45. The van der Waals surface area contributed by atoms with Gasteiger partial charge in [-0.2, -0.15) is 4.68 Å². The predicted molar refractivity (Wildman–Crippen MR) is 94.4 cm³/mol. The van der Waals surface area contributed by atoms with Crippen molar-refractivity contribution in [2.24, 2.45) is 0 Å². The Morgan fingerprint density at radius 1 is 0.833 bits per heavy atom. The molecule has 2 aromatic carbocycles. The first-order valence-electron chi connectivity index (χ1n) is 8.55. The van der Waals surface area contributed by atoms with Crippen molar-refractivity contribution < 1.29 is 0 Å². The van der Waals surface area contributed by atoms with Crippen molar-refractivity contribution in [2.75, 3.05) is 18.0 Å². The molecule has 3 aromatic rings. The van der Waals surface area contributed by atoms with Crippen LogP contribution in [0.5, 0.6) is 0 Å². The Kier molecular flexibility index (Phi) is 4.23. The monoisotopic (exact) mass is 319 g/mol. The molecular formula is C19H21N5. The topological polar surface area (TPSA) is 46.8 Å². The largest absolute Gasteiger partial charge is 0.339 e. The maximum absolute atomic E-state index is 4.28. The van der Waals surface area contributed by atoms with Crippen molar-refractivity contribution >= 4 is 5.95 Å². The number of anilines is 1. The van der Waals surface area contributed by atoms with Gasteiger partial charge in [0.25, 0.3) is 0 Å². The van der Waals surface area contributed by atoms with Crippen LogP contribution in [-0.4, -0.2) is 33.3 Å². The third kappa shape index (κ3) is 3.02. The molecule has 1 aliphatic heterocycles. The average Bonchev–Trinajstić information content (AvgIpc) is 3.01. The predicted octanol–water partition coefficient (Wildman–Crippen LogP) is 3.44. The smallest absolute Gasteiger partial charge is 0.250 e. The minimum absolute atomic E-state index is 0.622. The van der Waals surface area contributed by atoms with Crippen LogP contribution < -0.4 is 4.90 Å². The zero-order valence-corrected chi connectivity index (χ0v) is 13.6. The first-order valence-corrected chi connectivity index (χ1v) is 8.55. The second-order valence-electron chi connectivity index (χ2n) is 6.25. The second-order valence-corrected chi connectivity index (χ2v) is 6.25. The Balaban J connectivity index is 1.54. The van der Waals surface area contributed by atoms with E-state index in [0.717, 1.165) is 37.6 Å². The lowest BCUT2D eigenvalue weighted by Gasteiger charge is -2.21. The number of rotatable bonds is 3. The Hall–Kier alpha value is -2.69. The second kappa shape index (κ2) is 6.83. The zero-order chi connectivity index (χ0) is 16.2. The fourth-order valence-corrected chi connectivity index (χ4v) is 3.47. The van der Waals surface area contributed by atoms with Crippen LogP contribution in [0.4, 0.5) is 5.95 Å². The Morgan fingerprint density at radius 3 is 2.38 bits per heavy atom. The lowest BCUT2D eigenvalue weighted by Crippen LogP contribution is -2.27. The number of hydrogen-bond acceptors (Lipinski definition) is 4. The zero-order valence-electron chi connectivity index (χ0n) is 13.6. The molecule has 5 nitrogen and oxygen atoms in total. The summed E-state index contributed by atoms with van der Waals surface area (Å²) in [6.45, 7) is 1.98. The van der Waals surface area contributed by atoms with Gasteiger partial charge in [0.1, 0.15) is 0 Å². The lowest BCUT2D eigenvalue weighted by molar-refractivity contribution is 0.611. The minimum Gasteiger partial charge on any atom is -0.339 e. The van der Waals surface area contributed by atoms with E-state index in [2.05, 4.69) is 50.8 Å². The third-order valence-corrected chi connectivity index (χ3v) is 4.74. The van der Waals surface area contributed by atoms with Gasteiger partial charge in [0.15, 0.2) is 0 Å². The van der Waals surface area contributed by atoms with E-state index < -0.39 is 0 Å². The highest BCUT2D eigenvalue weighted by atomic mass is 15.6. The summed E-state index contributed by atoms with van der Waals surface area (Å²) in [6, 6.07) is 20.9. The molecule has 1 aliphatic rings. The van der Waals surface area contributed by atoms with E-state index in [0.29, 0.717) is 5.92 Å². The molecule has 0 bridgehead atoms. The van der Waals surface area contributed by atoms with Crippen molar-refractivity contribution in [1.82, 2.24) is 20.2 Å². The van der Waals surface area contributed by atoms with E-state index in [-0.39, 0.29) is 0 Å². The molecule has 0 saturated carbocycles. The number of hydrogen-bond donors (Lipinski definition) is 0. The lowest BCUT2D eigenvalue weighted by atomic mass is 9.92. The molecule has 1 aromatic heterocycles. The van der Waals surface area contributed by atoms with Crippen LogP contribution in [0, 0.1) is 0 Å².